The number of carbonyl (C=O) groups is 2. The van der Waals surface area contributed by atoms with E-state index in [1.165, 1.54) is 0 Å². The fraction of sp³-hybridized carbons (Fsp3) is 0.273. The summed E-state index contributed by atoms with van der Waals surface area (Å²) in [6.07, 6.45) is 0.0182. The minimum absolute atomic E-state index is 0. The molecule has 2 rings (SSSR count). The van der Waals surface area contributed by atoms with Crippen molar-refractivity contribution in [2.75, 3.05) is 12.3 Å². The van der Waals surface area contributed by atoms with Gasteiger partial charge in [0.1, 0.15) is 0 Å². The van der Waals surface area contributed by atoms with E-state index >= 15 is 0 Å². The first kappa shape index (κ1) is 17.0. The summed E-state index contributed by atoms with van der Waals surface area (Å²) in [5.74, 6) is -1.32. The summed E-state index contributed by atoms with van der Waals surface area (Å²) in [6.45, 7) is -0.0217. The molecular weight excluding hydrogens is 297 g/mol. The van der Waals surface area contributed by atoms with Gasteiger partial charge in [0, 0.05) is 6.54 Å². The number of hydrogen-bond donors (Lipinski definition) is 1. The summed E-state index contributed by atoms with van der Waals surface area (Å²) in [4.78, 5) is 24.7. The maximum absolute atomic E-state index is 11.9. The molecule has 98 valence electrons. The third-order valence-electron chi connectivity index (χ3n) is 2.66. The van der Waals surface area contributed by atoms with Crippen LogP contribution >= 0.6 is 0 Å². The molecule has 8 heteroatoms. The molecule has 1 aromatic carbocycles. The molecule has 0 bridgehead atoms. The second-order valence-electron chi connectivity index (χ2n) is 3.95. The molecule has 1 heterocycles. The van der Waals surface area contributed by atoms with Gasteiger partial charge in [0.15, 0.2) is 0 Å². The third kappa shape index (κ3) is 3.94. The predicted octanol–water partition coefficient (Wildman–Crippen LogP) is -0.0880. The fourth-order valence-electron chi connectivity index (χ4n) is 1.85. The molecule has 0 spiro atoms. The first-order chi connectivity index (χ1) is 8.40. The Morgan fingerprint density at radius 2 is 1.53 bits per heavy atom. The van der Waals surface area contributed by atoms with Crippen LogP contribution in [-0.4, -0.2) is 93.4 Å². The molecule has 1 N–H and O–H groups in total. The molecule has 0 unspecified atom stereocenters. The summed E-state index contributed by atoms with van der Waals surface area (Å²) in [5, 5.41) is 0. The van der Waals surface area contributed by atoms with Crippen molar-refractivity contribution in [2.24, 2.45) is 0 Å². The molecule has 0 saturated heterocycles. The average Bonchev–Trinajstić information content (AvgIpc) is 2.53. The monoisotopic (exact) mass is 309 g/mol. The number of imide groups is 1. The van der Waals surface area contributed by atoms with Crippen molar-refractivity contribution in [1.29, 1.82) is 0 Å². The van der Waals surface area contributed by atoms with E-state index in [0.29, 0.717) is 11.1 Å². The van der Waals surface area contributed by atoms with E-state index in [2.05, 4.69) is 0 Å². The molecule has 0 aromatic heterocycles. The quantitative estimate of drug-likeness (QED) is 0.477. The van der Waals surface area contributed by atoms with Crippen molar-refractivity contribution in [3.63, 3.8) is 0 Å². The zero-order valence-electron chi connectivity index (χ0n) is 9.37. The maximum atomic E-state index is 11.9. The Balaban J connectivity index is 0.00000180. The molecule has 1 aromatic rings. The van der Waals surface area contributed by atoms with Gasteiger partial charge in [0.2, 0.25) is 0 Å². The van der Waals surface area contributed by atoms with Gasteiger partial charge in [-0.25, -0.2) is 0 Å². The third-order valence-corrected chi connectivity index (χ3v) is 3.47. The number of rotatable bonds is 4. The molecular formula is C11H12KNO5S. The molecule has 2 amide bonds. The van der Waals surface area contributed by atoms with Crippen molar-refractivity contribution in [3.8, 4) is 0 Å². The molecule has 1 aliphatic heterocycles. The van der Waals surface area contributed by atoms with Gasteiger partial charge in [-0.3, -0.25) is 19.0 Å². The molecule has 6 nitrogen and oxygen atoms in total. The van der Waals surface area contributed by atoms with Crippen LogP contribution in [0.4, 0.5) is 0 Å². The topological polar surface area (TPSA) is 91.8 Å². The van der Waals surface area contributed by atoms with Gasteiger partial charge in [-0.2, -0.15) is 8.42 Å². The van der Waals surface area contributed by atoms with Gasteiger partial charge < -0.3 is 0 Å². The van der Waals surface area contributed by atoms with E-state index in [0.717, 1.165) is 4.90 Å². The Bertz CT molecular complexity index is 578. The zero-order chi connectivity index (χ0) is 13.3. The van der Waals surface area contributed by atoms with Gasteiger partial charge in [-0.1, -0.05) is 12.1 Å². The number of fused-ring (bicyclic) bond motifs is 1. The number of carbonyl (C=O) groups excluding carboxylic acids is 2. The van der Waals surface area contributed by atoms with Crippen LogP contribution in [0.15, 0.2) is 24.3 Å². The zero-order valence-corrected chi connectivity index (χ0v) is 10.2. The van der Waals surface area contributed by atoms with Gasteiger partial charge in [-0.15, -0.1) is 0 Å². The Morgan fingerprint density at radius 3 is 1.95 bits per heavy atom. The van der Waals surface area contributed by atoms with E-state index in [4.69, 9.17) is 4.55 Å². The SMILES string of the molecule is O=C1c2ccccc2C(=O)N1CCCS(=O)(=O)O.[KH]. The summed E-state index contributed by atoms with van der Waals surface area (Å²) < 4.78 is 29.7. The Kier molecular flexibility index (Phi) is 5.87. The summed E-state index contributed by atoms with van der Waals surface area (Å²) >= 11 is 0. The number of amides is 2. The number of benzene rings is 1. The van der Waals surface area contributed by atoms with Crippen LogP contribution in [0.25, 0.3) is 0 Å². The fourth-order valence-corrected chi connectivity index (χ4v) is 2.34. The van der Waals surface area contributed by atoms with Crippen molar-refractivity contribution >= 4 is 73.3 Å². The second kappa shape index (κ2) is 6.57. The van der Waals surface area contributed by atoms with Crippen LogP contribution in [0.5, 0.6) is 0 Å². The summed E-state index contributed by atoms with van der Waals surface area (Å²) in [7, 11) is -4.07. The van der Waals surface area contributed by atoms with Crippen molar-refractivity contribution in [2.45, 2.75) is 6.42 Å². The molecule has 0 fully saturated rings. The van der Waals surface area contributed by atoms with Crippen LogP contribution in [-0.2, 0) is 10.1 Å². The van der Waals surface area contributed by atoms with Gasteiger partial charge in [0.25, 0.3) is 21.9 Å². The van der Waals surface area contributed by atoms with Gasteiger partial charge in [-0.05, 0) is 18.6 Å². The van der Waals surface area contributed by atoms with E-state index in [1.807, 2.05) is 0 Å². The van der Waals surface area contributed by atoms with Crippen molar-refractivity contribution in [1.82, 2.24) is 4.90 Å². The number of nitrogens with zero attached hydrogens (tertiary/aromatic N) is 1. The summed E-state index contributed by atoms with van der Waals surface area (Å²) in [6, 6.07) is 6.42. The second-order valence-corrected chi connectivity index (χ2v) is 5.52. The van der Waals surface area contributed by atoms with Crippen molar-refractivity contribution in [3.05, 3.63) is 35.4 Å². The van der Waals surface area contributed by atoms with E-state index in [9.17, 15) is 18.0 Å². The Morgan fingerprint density at radius 1 is 1.05 bits per heavy atom. The summed E-state index contributed by atoms with van der Waals surface area (Å²) in [5.41, 5.74) is 0.656. The minimum atomic E-state index is -4.07. The van der Waals surface area contributed by atoms with Crippen LogP contribution in [0.1, 0.15) is 27.1 Å². The van der Waals surface area contributed by atoms with Crippen molar-refractivity contribution < 1.29 is 22.6 Å². The van der Waals surface area contributed by atoms with Gasteiger partial charge >= 0.3 is 51.4 Å². The molecule has 0 aliphatic carbocycles. The van der Waals surface area contributed by atoms with Gasteiger partial charge in [0.05, 0.1) is 16.9 Å². The normalized spacial score (nSPS) is 14.3. The first-order valence-corrected chi connectivity index (χ1v) is 6.91. The molecule has 0 saturated carbocycles. The van der Waals surface area contributed by atoms with Crippen LogP contribution < -0.4 is 0 Å². The van der Waals surface area contributed by atoms with Crippen LogP contribution in [0.3, 0.4) is 0 Å². The molecule has 0 atom stereocenters. The standard InChI is InChI=1S/C11H11NO5S.K.H/c13-10-8-4-1-2-5-9(8)11(14)12(10)6-3-7-18(15,16)17;;/h1-2,4-5H,3,6-7H2,(H,15,16,17);;. The number of hydrogen-bond acceptors (Lipinski definition) is 4. The molecule has 19 heavy (non-hydrogen) atoms. The van der Waals surface area contributed by atoms with E-state index in [-0.39, 0.29) is 64.4 Å². The Hall–Kier alpha value is -0.0936. The predicted molar refractivity (Wildman–Crippen MR) is 70.0 cm³/mol. The van der Waals surface area contributed by atoms with E-state index in [1.54, 1.807) is 24.3 Å². The van der Waals surface area contributed by atoms with E-state index < -0.39 is 27.7 Å². The van der Waals surface area contributed by atoms with Crippen LogP contribution in [0.2, 0.25) is 0 Å². The first-order valence-electron chi connectivity index (χ1n) is 5.30. The van der Waals surface area contributed by atoms with Crippen LogP contribution in [0, 0.1) is 0 Å². The Labute approximate surface area is 153 Å². The average molecular weight is 309 g/mol. The molecule has 0 radical (unpaired) electrons. The molecule has 1 aliphatic rings.